The Bertz CT molecular complexity index is 422. The van der Waals surface area contributed by atoms with Gasteiger partial charge in [-0.25, -0.2) is 0 Å². The number of hydrogen-bond acceptors (Lipinski definition) is 3. The van der Waals surface area contributed by atoms with E-state index < -0.39 is 0 Å². The summed E-state index contributed by atoms with van der Waals surface area (Å²) in [5.41, 5.74) is -0.195. The SMILES string of the molecule is CC1CCN(C(=O)CN2CCCC(C(=O)NC(C)(C)C)C2)CC1. The van der Waals surface area contributed by atoms with Crippen LogP contribution in [-0.2, 0) is 9.59 Å². The molecule has 0 aliphatic carbocycles. The molecule has 2 aliphatic rings. The standard InChI is InChI=1S/C18H33N3O2/c1-14-7-10-21(11-8-14)16(22)13-20-9-5-6-15(12-20)17(23)19-18(2,3)4/h14-15H,5-13H2,1-4H3,(H,19,23). The molecule has 0 bridgehead atoms. The first-order chi connectivity index (χ1) is 10.7. The molecule has 5 nitrogen and oxygen atoms in total. The van der Waals surface area contributed by atoms with E-state index in [1.807, 2.05) is 25.7 Å². The van der Waals surface area contributed by atoms with Crippen LogP contribution in [0.3, 0.4) is 0 Å². The Balaban J connectivity index is 1.81. The zero-order valence-corrected chi connectivity index (χ0v) is 15.2. The van der Waals surface area contributed by atoms with Crippen molar-refractivity contribution in [3.05, 3.63) is 0 Å². The molecule has 5 heteroatoms. The van der Waals surface area contributed by atoms with Crippen LogP contribution in [-0.4, -0.2) is 59.9 Å². The average molecular weight is 323 g/mol. The summed E-state index contributed by atoms with van der Waals surface area (Å²) >= 11 is 0. The summed E-state index contributed by atoms with van der Waals surface area (Å²) in [4.78, 5) is 29.0. The monoisotopic (exact) mass is 323 g/mol. The van der Waals surface area contributed by atoms with Gasteiger partial charge < -0.3 is 10.2 Å². The van der Waals surface area contributed by atoms with Crippen LogP contribution in [0.1, 0.15) is 53.4 Å². The number of carbonyl (C=O) groups excluding carboxylic acids is 2. The molecule has 1 N–H and O–H groups in total. The quantitative estimate of drug-likeness (QED) is 0.863. The Kier molecular flexibility index (Phi) is 6.06. The summed E-state index contributed by atoms with van der Waals surface area (Å²) in [7, 11) is 0. The van der Waals surface area contributed by atoms with Gasteiger partial charge in [-0.3, -0.25) is 14.5 Å². The first kappa shape index (κ1) is 18.2. The van der Waals surface area contributed by atoms with Crippen LogP contribution < -0.4 is 5.32 Å². The van der Waals surface area contributed by atoms with Crippen molar-refractivity contribution in [3.63, 3.8) is 0 Å². The van der Waals surface area contributed by atoms with Gasteiger partial charge in [0.25, 0.3) is 0 Å². The molecular weight excluding hydrogens is 290 g/mol. The highest BCUT2D eigenvalue weighted by molar-refractivity contribution is 5.80. The number of hydrogen-bond donors (Lipinski definition) is 1. The lowest BCUT2D eigenvalue weighted by Crippen LogP contribution is -2.51. The van der Waals surface area contributed by atoms with Crippen molar-refractivity contribution in [2.45, 2.75) is 58.9 Å². The molecule has 2 fully saturated rings. The molecule has 2 amide bonds. The van der Waals surface area contributed by atoms with Crippen LogP contribution in [0.2, 0.25) is 0 Å². The molecule has 0 aromatic heterocycles. The maximum Gasteiger partial charge on any atom is 0.236 e. The number of rotatable bonds is 3. The van der Waals surface area contributed by atoms with Crippen molar-refractivity contribution in [3.8, 4) is 0 Å². The smallest absolute Gasteiger partial charge is 0.236 e. The van der Waals surface area contributed by atoms with E-state index in [1.54, 1.807) is 0 Å². The van der Waals surface area contributed by atoms with Gasteiger partial charge in [-0.2, -0.15) is 0 Å². The van der Waals surface area contributed by atoms with E-state index >= 15 is 0 Å². The summed E-state index contributed by atoms with van der Waals surface area (Å²) in [6.07, 6.45) is 4.14. The fourth-order valence-electron chi connectivity index (χ4n) is 3.43. The third-order valence-corrected chi connectivity index (χ3v) is 4.87. The van der Waals surface area contributed by atoms with Gasteiger partial charge >= 0.3 is 0 Å². The lowest BCUT2D eigenvalue weighted by molar-refractivity contribution is -0.136. The summed E-state index contributed by atoms with van der Waals surface area (Å²) in [6.45, 7) is 12.2. The minimum Gasteiger partial charge on any atom is -0.351 e. The predicted octanol–water partition coefficient (Wildman–Crippen LogP) is 1.87. The van der Waals surface area contributed by atoms with E-state index in [0.29, 0.717) is 13.1 Å². The molecule has 2 rings (SSSR count). The lowest BCUT2D eigenvalue weighted by atomic mass is 9.95. The first-order valence-corrected chi connectivity index (χ1v) is 9.07. The molecule has 1 atom stereocenters. The van der Waals surface area contributed by atoms with Gasteiger partial charge in [0.15, 0.2) is 0 Å². The Labute approximate surface area is 140 Å². The summed E-state index contributed by atoms with van der Waals surface area (Å²) in [5, 5.41) is 3.07. The van der Waals surface area contributed by atoms with Crippen molar-refractivity contribution in [1.29, 1.82) is 0 Å². The van der Waals surface area contributed by atoms with Crippen LogP contribution in [0.15, 0.2) is 0 Å². The minimum atomic E-state index is -0.195. The summed E-state index contributed by atoms with van der Waals surface area (Å²) in [5.74, 6) is 1.10. The van der Waals surface area contributed by atoms with Crippen LogP contribution in [0, 0.1) is 11.8 Å². The second-order valence-electron chi connectivity index (χ2n) is 8.38. The highest BCUT2D eigenvalue weighted by Gasteiger charge is 2.30. The largest absolute Gasteiger partial charge is 0.351 e. The average Bonchev–Trinajstić information content (AvgIpc) is 2.46. The van der Waals surface area contributed by atoms with Gasteiger partial charge in [0.2, 0.25) is 11.8 Å². The number of likely N-dealkylation sites (tertiary alicyclic amines) is 2. The number of piperidine rings is 2. The van der Waals surface area contributed by atoms with E-state index in [2.05, 4.69) is 17.1 Å². The van der Waals surface area contributed by atoms with E-state index in [1.165, 1.54) is 0 Å². The molecule has 0 saturated carbocycles. The fourth-order valence-corrected chi connectivity index (χ4v) is 3.43. The van der Waals surface area contributed by atoms with Crippen molar-refractivity contribution >= 4 is 11.8 Å². The molecule has 132 valence electrons. The van der Waals surface area contributed by atoms with Gasteiger partial charge in [0, 0.05) is 25.2 Å². The fraction of sp³-hybridized carbons (Fsp3) is 0.889. The third kappa shape index (κ3) is 5.79. The molecule has 0 spiro atoms. The molecule has 2 saturated heterocycles. The molecule has 0 aromatic rings. The number of nitrogens with zero attached hydrogens (tertiary/aromatic N) is 2. The molecule has 2 heterocycles. The van der Waals surface area contributed by atoms with Gasteiger partial charge in [-0.1, -0.05) is 6.92 Å². The Hall–Kier alpha value is -1.10. The normalized spacial score (nSPS) is 24.5. The molecular formula is C18H33N3O2. The number of carbonyl (C=O) groups is 2. The van der Waals surface area contributed by atoms with Gasteiger partial charge in [-0.05, 0) is 58.9 Å². The second-order valence-corrected chi connectivity index (χ2v) is 8.38. The van der Waals surface area contributed by atoms with Crippen LogP contribution in [0.25, 0.3) is 0 Å². The van der Waals surface area contributed by atoms with E-state index in [0.717, 1.165) is 51.2 Å². The first-order valence-electron chi connectivity index (χ1n) is 9.07. The Morgan fingerprint density at radius 1 is 1.09 bits per heavy atom. The van der Waals surface area contributed by atoms with Gasteiger partial charge in [0.05, 0.1) is 12.5 Å². The van der Waals surface area contributed by atoms with E-state index in [9.17, 15) is 9.59 Å². The lowest BCUT2D eigenvalue weighted by Gasteiger charge is -2.36. The number of nitrogens with one attached hydrogen (secondary N) is 1. The van der Waals surface area contributed by atoms with Crippen molar-refractivity contribution < 1.29 is 9.59 Å². The summed E-state index contributed by atoms with van der Waals surface area (Å²) < 4.78 is 0. The zero-order valence-electron chi connectivity index (χ0n) is 15.2. The van der Waals surface area contributed by atoms with Crippen molar-refractivity contribution in [2.75, 3.05) is 32.7 Å². The highest BCUT2D eigenvalue weighted by Crippen LogP contribution is 2.19. The Morgan fingerprint density at radius 3 is 2.35 bits per heavy atom. The van der Waals surface area contributed by atoms with E-state index in [4.69, 9.17) is 0 Å². The maximum atomic E-state index is 12.5. The van der Waals surface area contributed by atoms with Crippen LogP contribution >= 0.6 is 0 Å². The Morgan fingerprint density at radius 2 is 1.74 bits per heavy atom. The molecule has 0 radical (unpaired) electrons. The molecule has 2 aliphatic heterocycles. The third-order valence-electron chi connectivity index (χ3n) is 4.87. The van der Waals surface area contributed by atoms with Gasteiger partial charge in [-0.15, -0.1) is 0 Å². The van der Waals surface area contributed by atoms with Crippen LogP contribution in [0.5, 0.6) is 0 Å². The van der Waals surface area contributed by atoms with Crippen LogP contribution in [0.4, 0.5) is 0 Å². The zero-order chi connectivity index (χ0) is 17.0. The molecule has 1 unspecified atom stereocenters. The minimum absolute atomic E-state index is 0.0113. The topological polar surface area (TPSA) is 52.7 Å². The predicted molar refractivity (Wildman–Crippen MR) is 92.0 cm³/mol. The summed E-state index contributed by atoms with van der Waals surface area (Å²) in [6, 6.07) is 0. The van der Waals surface area contributed by atoms with Crippen molar-refractivity contribution in [1.82, 2.24) is 15.1 Å². The molecule has 23 heavy (non-hydrogen) atoms. The second kappa shape index (κ2) is 7.65. The van der Waals surface area contributed by atoms with Gasteiger partial charge in [0.1, 0.15) is 0 Å². The maximum absolute atomic E-state index is 12.5. The molecule has 0 aromatic carbocycles. The van der Waals surface area contributed by atoms with Crippen molar-refractivity contribution in [2.24, 2.45) is 11.8 Å². The number of amides is 2. The van der Waals surface area contributed by atoms with E-state index in [-0.39, 0.29) is 23.3 Å². The highest BCUT2D eigenvalue weighted by atomic mass is 16.2.